The molecule has 10 rings (SSSR count). The minimum atomic E-state index is -3.64. The highest BCUT2D eigenvalue weighted by Gasteiger charge is 2.59. The lowest BCUT2D eigenvalue weighted by molar-refractivity contribution is -0.354. The summed E-state index contributed by atoms with van der Waals surface area (Å²) in [6.07, 6.45) is -4.80. The van der Waals surface area contributed by atoms with Crippen LogP contribution in [0.25, 0.3) is 11.4 Å². The van der Waals surface area contributed by atoms with E-state index in [0.29, 0.717) is 9.58 Å². The predicted octanol–water partition coefficient (Wildman–Crippen LogP) is -6.56. The molecule has 2 saturated heterocycles. The summed E-state index contributed by atoms with van der Waals surface area (Å²) < 4.78 is 10.8. The van der Waals surface area contributed by atoms with Gasteiger partial charge in [0.25, 0.3) is 47.3 Å². The number of hydrogen-bond donors (Lipinski definition) is 22. The Balaban J connectivity index is 0.940. The monoisotopic (exact) mass is 1240 g/mol. The number of phenols is 8. The van der Waals surface area contributed by atoms with Crippen LogP contribution in [0.4, 0.5) is 22.7 Å². The number of anilines is 4. The molecule has 0 bridgehead atoms. The van der Waals surface area contributed by atoms with Crippen molar-refractivity contribution in [1.29, 1.82) is 0 Å². The molecule has 4 aromatic carbocycles. The van der Waals surface area contributed by atoms with Gasteiger partial charge >= 0.3 is 0 Å². The molecule has 466 valence electrons. The first-order chi connectivity index (χ1) is 40.7. The van der Waals surface area contributed by atoms with Crippen molar-refractivity contribution in [1.82, 2.24) is 19.6 Å². The van der Waals surface area contributed by atoms with E-state index < -0.39 is 235 Å². The molecule has 2 fully saturated rings. The van der Waals surface area contributed by atoms with Crippen molar-refractivity contribution in [2.75, 3.05) is 39.9 Å². The summed E-state index contributed by atoms with van der Waals surface area (Å²) >= 11 is 0. The summed E-state index contributed by atoms with van der Waals surface area (Å²) in [7, 11) is 0.929. The molecule has 1 atom stereocenters. The minimum Gasteiger partial charge on any atom is -0.503 e. The fourth-order valence-electron chi connectivity index (χ4n) is 10.7. The number of methoxy groups -OCH3 is 1. The van der Waals surface area contributed by atoms with Gasteiger partial charge in [0.1, 0.15) is 11.4 Å². The smallest absolute Gasteiger partial charge is 0.291 e. The van der Waals surface area contributed by atoms with E-state index >= 15 is 0 Å². The number of amides is 6. The third-order valence-corrected chi connectivity index (χ3v) is 15.0. The van der Waals surface area contributed by atoms with Gasteiger partial charge in [0.15, 0.2) is 45.8 Å². The van der Waals surface area contributed by atoms with Gasteiger partial charge in [-0.1, -0.05) is 0 Å². The number of nitrogens with zero attached hydrogens (tertiary/aromatic N) is 8. The Morgan fingerprint density at radius 3 is 1.30 bits per heavy atom. The third-order valence-electron chi connectivity index (χ3n) is 15.0. The highest BCUT2D eigenvalue weighted by Crippen LogP contribution is 2.56. The Kier molecular flexibility index (Phi) is 13.7. The molecule has 6 amide bonds. The number of aromatic nitrogens is 4. The maximum atomic E-state index is 14.5. The Morgan fingerprint density at radius 2 is 0.909 bits per heavy atom. The van der Waals surface area contributed by atoms with Crippen LogP contribution in [0.5, 0.6) is 57.5 Å². The predicted molar refractivity (Wildman–Crippen MR) is 279 cm³/mol. The number of carbonyl (C=O) groups is 6. The van der Waals surface area contributed by atoms with Gasteiger partial charge in [-0.05, 0) is 48.5 Å². The van der Waals surface area contributed by atoms with Crippen LogP contribution in [0.15, 0.2) is 48.5 Å². The highest BCUT2D eigenvalue weighted by molar-refractivity contribution is 6.12. The molecule has 24 N–H and O–H groups in total. The van der Waals surface area contributed by atoms with Crippen LogP contribution in [-0.4, -0.2) is 212 Å². The summed E-state index contributed by atoms with van der Waals surface area (Å²) in [6.45, 7) is -2.42. The zero-order chi connectivity index (χ0) is 64.9. The van der Waals surface area contributed by atoms with Crippen LogP contribution in [0, 0.1) is 5.92 Å². The lowest BCUT2D eigenvalue weighted by atomic mass is 9.88. The molecular weight excluding hydrogens is 1190 g/mol. The van der Waals surface area contributed by atoms with E-state index in [1.807, 2.05) is 0 Å². The fourth-order valence-corrected chi connectivity index (χ4v) is 10.7. The molecule has 0 aliphatic carbocycles. The third kappa shape index (κ3) is 8.98. The number of benzene rings is 4. The minimum absolute atomic E-state index is 0.0428. The van der Waals surface area contributed by atoms with E-state index in [9.17, 15) is 131 Å². The molecule has 38 heteroatoms. The van der Waals surface area contributed by atoms with Crippen LogP contribution in [0.2, 0.25) is 0 Å². The maximum absolute atomic E-state index is 14.5. The van der Waals surface area contributed by atoms with Crippen molar-refractivity contribution >= 4 is 58.2 Å². The molecule has 4 aliphatic heterocycles. The average molecular weight is 1240 g/mol. The molecule has 2 aromatic heterocycles. The zero-order valence-corrected chi connectivity index (χ0v) is 44.4. The van der Waals surface area contributed by atoms with Gasteiger partial charge in [-0.15, -0.1) is 0 Å². The quantitative estimate of drug-likeness (QED) is 0.0308. The Bertz CT molecular complexity index is 3960. The van der Waals surface area contributed by atoms with Crippen LogP contribution < -0.4 is 40.5 Å². The first kappa shape index (κ1) is 60.8. The van der Waals surface area contributed by atoms with Gasteiger partial charge in [-0.3, -0.25) is 43.5 Å². The number of piperidine rings is 2. The SMILES string of the molecule is COc1c(O)c(O)c(-n2nc(C(N)=O)c3c2C(=O)N(c2ccc(N4C(=O)C(O)(O)CC(COc5c(O)c(O)c(-n6nc(C(N)=O)c7c6C(=O)N(c6ccc(N8CC(O)(O)C(O)(O)CC8=O)cc6)C(O)(O)C7)c(O)c5O)C4(O)O)cc2)C(O)(O)C3)c(O)c1O. The van der Waals surface area contributed by atoms with Gasteiger partial charge in [0.2, 0.25) is 57.8 Å². The van der Waals surface area contributed by atoms with Crippen LogP contribution in [0.3, 0.4) is 0 Å². The first-order valence-corrected chi connectivity index (χ1v) is 25.0. The summed E-state index contributed by atoms with van der Waals surface area (Å²) in [5, 5.41) is 227. The highest BCUT2D eigenvalue weighted by atomic mass is 16.6. The number of β-amino-alcohol motifs (C(OH)–C–C–N with tert-alkyl or cyclic N) is 2. The number of aromatic hydroxyl groups is 8. The molecule has 1 unspecified atom stereocenters. The summed E-state index contributed by atoms with van der Waals surface area (Å²) in [4.78, 5) is 81.6. The number of fused-ring (bicyclic) bond motifs is 2. The number of carbonyl (C=O) groups excluding carboxylic acids is 6. The average Bonchev–Trinajstić information content (AvgIpc) is 1.48. The largest absolute Gasteiger partial charge is 0.503 e. The van der Waals surface area contributed by atoms with Gasteiger partial charge in [0.05, 0.1) is 45.4 Å². The summed E-state index contributed by atoms with van der Waals surface area (Å²) in [5.74, 6) is -44.7. The molecule has 6 heterocycles. The Hall–Kier alpha value is -10.4. The number of ether oxygens (including phenoxy) is 2. The topological polar surface area (TPSA) is 626 Å². The van der Waals surface area contributed by atoms with Crippen molar-refractivity contribution in [2.24, 2.45) is 17.4 Å². The lowest BCUT2D eigenvalue weighted by Gasteiger charge is -2.47. The second-order valence-corrected chi connectivity index (χ2v) is 20.6. The van der Waals surface area contributed by atoms with Crippen molar-refractivity contribution in [2.45, 2.75) is 60.8 Å². The van der Waals surface area contributed by atoms with E-state index in [-0.39, 0.29) is 25.1 Å². The lowest BCUT2D eigenvalue weighted by Crippen LogP contribution is -2.69. The number of phenolic OH excluding ortho intramolecular Hbond substituents is 8. The molecule has 4 aliphatic rings. The molecule has 6 aromatic rings. The molecular formula is C50H48N10O28. The van der Waals surface area contributed by atoms with Crippen molar-refractivity contribution in [3.8, 4) is 68.9 Å². The number of rotatable bonds is 12. The standard InChI is InChI=1S/C50H48N10O28/c1-87-38-34(66)30(62)28(31(63)35(38)67)59-26-21(24(53-59)40(51)70)12-49(83,84)57(43(26)73)19-6-8-20(9-7-19)58-44(74)45(75,76)10-16(50(58,85)86)14-88-39-36(68)32(64)29(33(65)37(39)69)60-27-22(25(54-60)41(52)71)11-48(81,82)56(42(27)72)18-4-2-17(3-5-18)55-15-47(79,80)46(77,78)13-23(55)61/h2-9,16,62-69,75-86H,10-15H2,1H3,(H2,51,70)(H2,52,71). The Morgan fingerprint density at radius 1 is 0.534 bits per heavy atom. The molecule has 0 spiro atoms. The second-order valence-electron chi connectivity index (χ2n) is 20.6. The molecule has 38 nitrogen and oxygen atoms in total. The van der Waals surface area contributed by atoms with Gasteiger partial charge in [-0.2, -0.15) is 10.2 Å². The second kappa shape index (κ2) is 19.8. The van der Waals surface area contributed by atoms with Crippen LogP contribution in [0.1, 0.15) is 65.9 Å². The van der Waals surface area contributed by atoms with E-state index in [4.69, 9.17) is 20.9 Å². The Labute approximate surface area is 486 Å². The normalized spacial score (nSPS) is 19.8. The van der Waals surface area contributed by atoms with Gasteiger partial charge < -0.3 is 128 Å². The number of primary amides is 2. The number of aliphatic hydroxyl groups is 12. The molecule has 0 radical (unpaired) electrons. The van der Waals surface area contributed by atoms with Crippen LogP contribution in [-0.2, 0) is 22.4 Å². The summed E-state index contributed by atoms with van der Waals surface area (Å²) in [6, 6.07) is 7.28. The van der Waals surface area contributed by atoms with E-state index in [1.165, 1.54) is 0 Å². The van der Waals surface area contributed by atoms with Crippen LogP contribution >= 0.6 is 0 Å². The van der Waals surface area contributed by atoms with E-state index in [2.05, 4.69) is 10.2 Å². The molecule has 88 heavy (non-hydrogen) atoms. The first-order valence-electron chi connectivity index (χ1n) is 25.0. The van der Waals surface area contributed by atoms with Crippen molar-refractivity contribution in [3.05, 3.63) is 82.4 Å². The van der Waals surface area contributed by atoms with E-state index in [1.54, 1.807) is 0 Å². The summed E-state index contributed by atoms with van der Waals surface area (Å²) in [5.41, 5.74) is 2.08. The number of hydrogen-bond acceptors (Lipinski definition) is 30. The van der Waals surface area contributed by atoms with Gasteiger partial charge in [0, 0.05) is 40.3 Å². The van der Waals surface area contributed by atoms with E-state index in [0.717, 1.165) is 55.6 Å². The number of nitrogens with two attached hydrogens (primary N) is 2. The zero-order valence-electron chi connectivity index (χ0n) is 44.4. The van der Waals surface area contributed by atoms with Crippen molar-refractivity contribution < 1.29 is 140 Å². The molecule has 0 saturated carbocycles. The fraction of sp³-hybridized carbons (Fsp3) is 0.280. The maximum Gasteiger partial charge on any atom is 0.291 e. The van der Waals surface area contributed by atoms with Gasteiger partial charge in [-0.25, -0.2) is 9.36 Å². The van der Waals surface area contributed by atoms with Crippen molar-refractivity contribution in [3.63, 3.8) is 0 Å².